The SMILES string of the molecule is CN1C(=S)N(C2CCCCC2)C(=O)/C1=C/c1ccc(OCc2ccc(F)cc2)c(Cl)c1. The minimum absolute atomic E-state index is 0.0489. The molecule has 1 saturated heterocycles. The highest BCUT2D eigenvalue weighted by molar-refractivity contribution is 7.80. The Morgan fingerprint density at radius 3 is 2.55 bits per heavy atom. The first-order valence-corrected chi connectivity index (χ1v) is 11.2. The van der Waals surface area contributed by atoms with E-state index in [-0.39, 0.29) is 24.4 Å². The van der Waals surface area contributed by atoms with Crippen molar-refractivity contribution in [2.45, 2.75) is 44.8 Å². The second-order valence-electron chi connectivity index (χ2n) is 7.94. The highest BCUT2D eigenvalue weighted by atomic mass is 35.5. The third-order valence-electron chi connectivity index (χ3n) is 5.80. The van der Waals surface area contributed by atoms with Crippen LogP contribution in [0.15, 0.2) is 48.2 Å². The van der Waals surface area contributed by atoms with Gasteiger partial charge in [-0.2, -0.15) is 0 Å². The predicted molar refractivity (Wildman–Crippen MR) is 124 cm³/mol. The van der Waals surface area contributed by atoms with E-state index in [1.165, 1.54) is 18.6 Å². The average molecular weight is 459 g/mol. The largest absolute Gasteiger partial charge is 0.487 e. The molecule has 0 spiro atoms. The Morgan fingerprint density at radius 2 is 1.87 bits per heavy atom. The summed E-state index contributed by atoms with van der Waals surface area (Å²) in [5.74, 6) is 0.192. The Kier molecular flexibility index (Phi) is 6.58. The van der Waals surface area contributed by atoms with Gasteiger partial charge in [-0.25, -0.2) is 4.39 Å². The number of likely N-dealkylation sites (N-methyl/N-ethyl adjacent to an activating group) is 1. The number of carbonyl (C=O) groups is 1. The summed E-state index contributed by atoms with van der Waals surface area (Å²) in [4.78, 5) is 16.7. The summed E-state index contributed by atoms with van der Waals surface area (Å²) >= 11 is 12.0. The minimum atomic E-state index is -0.285. The highest BCUT2D eigenvalue weighted by Crippen LogP contribution is 2.32. The molecular formula is C24H24ClFN2O2S. The van der Waals surface area contributed by atoms with E-state index in [2.05, 4.69) is 0 Å². The van der Waals surface area contributed by atoms with Gasteiger partial charge in [-0.3, -0.25) is 9.69 Å². The topological polar surface area (TPSA) is 32.8 Å². The van der Waals surface area contributed by atoms with Crippen LogP contribution >= 0.6 is 23.8 Å². The van der Waals surface area contributed by atoms with Crippen LogP contribution in [0.25, 0.3) is 6.08 Å². The number of thiocarbonyl (C=S) groups is 1. The van der Waals surface area contributed by atoms with Crippen LogP contribution in [0.2, 0.25) is 5.02 Å². The van der Waals surface area contributed by atoms with Crippen molar-refractivity contribution in [3.8, 4) is 5.75 Å². The van der Waals surface area contributed by atoms with Crippen LogP contribution in [0.3, 0.4) is 0 Å². The van der Waals surface area contributed by atoms with Gasteiger partial charge in [0.15, 0.2) is 5.11 Å². The van der Waals surface area contributed by atoms with Gasteiger partial charge in [0.2, 0.25) is 0 Å². The normalized spacial score (nSPS) is 18.9. The Morgan fingerprint density at radius 1 is 1.16 bits per heavy atom. The molecule has 0 unspecified atom stereocenters. The number of rotatable bonds is 5. The van der Waals surface area contributed by atoms with Crippen LogP contribution in [-0.2, 0) is 11.4 Å². The molecule has 4 nitrogen and oxygen atoms in total. The van der Waals surface area contributed by atoms with Gasteiger partial charge in [-0.15, -0.1) is 0 Å². The molecule has 31 heavy (non-hydrogen) atoms. The Bertz CT molecular complexity index is 1020. The van der Waals surface area contributed by atoms with Gasteiger partial charge in [0.25, 0.3) is 5.91 Å². The summed E-state index contributed by atoms with van der Waals surface area (Å²) in [5, 5.41) is 1.00. The number of hydrogen-bond acceptors (Lipinski definition) is 3. The maximum absolute atomic E-state index is 13.1. The molecule has 2 fully saturated rings. The van der Waals surface area contributed by atoms with Crippen LogP contribution < -0.4 is 4.74 Å². The lowest BCUT2D eigenvalue weighted by molar-refractivity contribution is -0.124. The first kappa shape index (κ1) is 21.8. The lowest BCUT2D eigenvalue weighted by Gasteiger charge is -2.30. The van der Waals surface area contributed by atoms with Crippen LogP contribution in [0.4, 0.5) is 4.39 Å². The molecule has 2 aromatic carbocycles. The number of carbonyl (C=O) groups excluding carboxylic acids is 1. The molecule has 7 heteroatoms. The van der Waals surface area contributed by atoms with Gasteiger partial charge in [-0.1, -0.05) is 49.1 Å². The maximum atomic E-state index is 13.1. The molecule has 0 aromatic heterocycles. The molecule has 1 heterocycles. The van der Waals surface area contributed by atoms with Crippen molar-refractivity contribution >= 4 is 40.9 Å². The first-order valence-electron chi connectivity index (χ1n) is 10.4. The molecule has 0 bridgehead atoms. The summed E-state index contributed by atoms with van der Waals surface area (Å²) < 4.78 is 18.8. The zero-order valence-corrected chi connectivity index (χ0v) is 18.9. The van der Waals surface area contributed by atoms with Crippen molar-refractivity contribution < 1.29 is 13.9 Å². The number of hydrogen-bond donors (Lipinski definition) is 0. The smallest absolute Gasteiger partial charge is 0.277 e. The fourth-order valence-corrected chi connectivity index (χ4v) is 4.64. The number of ether oxygens (including phenoxy) is 1. The van der Waals surface area contributed by atoms with E-state index >= 15 is 0 Å². The first-order chi connectivity index (χ1) is 14.9. The zero-order valence-electron chi connectivity index (χ0n) is 17.3. The van der Waals surface area contributed by atoms with E-state index in [4.69, 9.17) is 28.6 Å². The summed E-state index contributed by atoms with van der Waals surface area (Å²) in [6, 6.07) is 11.7. The summed E-state index contributed by atoms with van der Waals surface area (Å²) in [6.07, 6.45) is 7.30. The molecule has 0 N–H and O–H groups in total. The van der Waals surface area contributed by atoms with Gasteiger partial charge in [0.1, 0.15) is 23.9 Å². The number of benzene rings is 2. The van der Waals surface area contributed by atoms with Gasteiger partial charge in [0.05, 0.1) is 5.02 Å². The second-order valence-corrected chi connectivity index (χ2v) is 8.72. The number of halogens is 2. The van der Waals surface area contributed by atoms with Crippen LogP contribution in [-0.4, -0.2) is 33.9 Å². The van der Waals surface area contributed by atoms with Crippen molar-refractivity contribution in [2.24, 2.45) is 0 Å². The zero-order chi connectivity index (χ0) is 22.0. The van der Waals surface area contributed by atoms with Crippen molar-refractivity contribution in [2.75, 3.05) is 7.05 Å². The van der Waals surface area contributed by atoms with E-state index < -0.39 is 0 Å². The fraction of sp³-hybridized carbons (Fsp3) is 0.333. The van der Waals surface area contributed by atoms with E-state index in [0.717, 1.165) is 36.8 Å². The molecule has 162 valence electrons. The van der Waals surface area contributed by atoms with E-state index in [9.17, 15) is 9.18 Å². The monoisotopic (exact) mass is 458 g/mol. The molecule has 1 aliphatic carbocycles. The van der Waals surface area contributed by atoms with Gasteiger partial charge < -0.3 is 9.64 Å². The molecule has 2 aliphatic rings. The molecule has 0 radical (unpaired) electrons. The van der Waals surface area contributed by atoms with Gasteiger partial charge in [0, 0.05) is 13.1 Å². The highest BCUT2D eigenvalue weighted by Gasteiger charge is 2.40. The molecule has 0 atom stereocenters. The Balaban J connectivity index is 1.49. The molecule has 2 aromatic rings. The fourth-order valence-electron chi connectivity index (χ4n) is 4.06. The van der Waals surface area contributed by atoms with E-state index in [1.54, 1.807) is 34.1 Å². The summed E-state index contributed by atoms with van der Waals surface area (Å²) in [7, 11) is 1.83. The third kappa shape index (κ3) is 4.75. The quantitative estimate of drug-likeness (QED) is 0.419. The lowest BCUT2D eigenvalue weighted by Crippen LogP contribution is -2.41. The Hall–Kier alpha value is -2.44. The van der Waals surface area contributed by atoms with Crippen molar-refractivity contribution in [3.05, 3.63) is 70.1 Å². The molecule has 4 rings (SSSR count). The maximum Gasteiger partial charge on any atom is 0.277 e. The van der Waals surface area contributed by atoms with Crippen LogP contribution in [0, 0.1) is 5.82 Å². The average Bonchev–Trinajstić information content (AvgIpc) is 2.98. The minimum Gasteiger partial charge on any atom is -0.487 e. The predicted octanol–water partition coefficient (Wildman–Crippen LogP) is 5.79. The number of amides is 1. The van der Waals surface area contributed by atoms with Gasteiger partial charge in [-0.05, 0) is 66.5 Å². The lowest BCUT2D eigenvalue weighted by atomic mass is 9.94. The molecule has 1 amide bonds. The van der Waals surface area contributed by atoms with E-state index in [0.29, 0.717) is 21.6 Å². The number of nitrogens with zero attached hydrogens (tertiary/aromatic N) is 2. The van der Waals surface area contributed by atoms with Crippen LogP contribution in [0.5, 0.6) is 5.75 Å². The second kappa shape index (κ2) is 9.37. The van der Waals surface area contributed by atoms with Crippen molar-refractivity contribution in [1.82, 2.24) is 9.80 Å². The van der Waals surface area contributed by atoms with Crippen LogP contribution in [0.1, 0.15) is 43.2 Å². The van der Waals surface area contributed by atoms with Crippen molar-refractivity contribution in [3.63, 3.8) is 0 Å². The Labute approximate surface area is 192 Å². The standard InChI is InChI=1S/C24H24ClFN2O2S/c1-27-21(23(29)28(24(27)31)19-5-3-2-4-6-19)14-17-9-12-22(20(25)13-17)30-15-16-7-10-18(26)11-8-16/h7-14,19H,2-6,15H2,1H3/b21-14-. The molecule has 1 saturated carbocycles. The third-order valence-corrected chi connectivity index (χ3v) is 6.56. The van der Waals surface area contributed by atoms with Crippen molar-refractivity contribution in [1.29, 1.82) is 0 Å². The summed E-state index contributed by atoms with van der Waals surface area (Å²) in [5.41, 5.74) is 2.19. The summed E-state index contributed by atoms with van der Waals surface area (Å²) in [6.45, 7) is 0.284. The molecular weight excluding hydrogens is 435 g/mol. The molecule has 1 aliphatic heterocycles. The van der Waals surface area contributed by atoms with Gasteiger partial charge >= 0.3 is 0 Å². The van der Waals surface area contributed by atoms with E-state index in [1.807, 2.05) is 19.2 Å².